The number of anilines is 1. The van der Waals surface area contributed by atoms with Gasteiger partial charge in [0.1, 0.15) is 12.4 Å². The first kappa shape index (κ1) is 19.9. The van der Waals surface area contributed by atoms with Gasteiger partial charge in [0, 0.05) is 16.3 Å². The zero-order chi connectivity index (χ0) is 20.3. The molecule has 1 heterocycles. The number of benzene rings is 2. The highest BCUT2D eigenvalue weighted by Crippen LogP contribution is 2.30. The summed E-state index contributed by atoms with van der Waals surface area (Å²) in [6, 6.07) is 11.8. The maximum absolute atomic E-state index is 12.4. The van der Waals surface area contributed by atoms with E-state index in [1.54, 1.807) is 42.5 Å². The second-order valence-electron chi connectivity index (χ2n) is 6.67. The maximum atomic E-state index is 12.4. The van der Waals surface area contributed by atoms with Gasteiger partial charge in [0.2, 0.25) is 0 Å². The number of ketones is 1. The summed E-state index contributed by atoms with van der Waals surface area (Å²) in [7, 11) is 0. The Balaban J connectivity index is 1.56. The Morgan fingerprint density at radius 3 is 2.57 bits per heavy atom. The molecule has 0 radical (unpaired) electrons. The van der Waals surface area contributed by atoms with E-state index in [0.29, 0.717) is 28.4 Å². The number of ether oxygens (including phenoxy) is 2. The van der Waals surface area contributed by atoms with Crippen LogP contribution in [0.2, 0.25) is 5.02 Å². The highest BCUT2D eigenvalue weighted by molar-refractivity contribution is 6.30. The molecular formula is C21H20ClNO5. The SMILES string of the molecule is CC(=O)c1ccc(NC(=O)[C@@H](C)OC(=O)[C@@H]2COc3ccc(Cl)cc3C2)cc1. The normalized spacial score (nSPS) is 16.3. The molecule has 0 aliphatic carbocycles. The molecule has 0 aromatic heterocycles. The maximum Gasteiger partial charge on any atom is 0.313 e. The molecule has 0 saturated heterocycles. The largest absolute Gasteiger partial charge is 0.492 e. The van der Waals surface area contributed by atoms with Crippen molar-refractivity contribution in [1.29, 1.82) is 0 Å². The highest BCUT2D eigenvalue weighted by Gasteiger charge is 2.30. The van der Waals surface area contributed by atoms with Gasteiger partial charge in [-0.1, -0.05) is 11.6 Å². The Labute approximate surface area is 167 Å². The molecule has 1 amide bonds. The van der Waals surface area contributed by atoms with E-state index in [0.717, 1.165) is 5.56 Å². The van der Waals surface area contributed by atoms with Gasteiger partial charge in [0.25, 0.3) is 5.91 Å². The topological polar surface area (TPSA) is 81.7 Å². The van der Waals surface area contributed by atoms with Crippen LogP contribution in [0.4, 0.5) is 5.69 Å². The number of hydrogen-bond donors (Lipinski definition) is 1. The summed E-state index contributed by atoms with van der Waals surface area (Å²) in [5, 5.41) is 3.23. The van der Waals surface area contributed by atoms with Gasteiger partial charge in [-0.2, -0.15) is 0 Å². The Bertz CT molecular complexity index is 910. The van der Waals surface area contributed by atoms with Gasteiger partial charge in [-0.05, 0) is 68.3 Å². The standard InChI is InChI=1S/C21H20ClNO5/c1-12(24)14-3-6-18(7-4-14)23-20(25)13(2)28-21(26)16-9-15-10-17(22)5-8-19(15)27-11-16/h3-8,10,13,16H,9,11H2,1-2H3,(H,23,25)/t13-,16+/m1/s1. The van der Waals surface area contributed by atoms with Gasteiger partial charge in [-0.25, -0.2) is 0 Å². The van der Waals surface area contributed by atoms with Gasteiger partial charge in [-0.3, -0.25) is 14.4 Å². The fourth-order valence-electron chi connectivity index (χ4n) is 2.87. The molecule has 3 rings (SSSR count). The van der Waals surface area contributed by atoms with E-state index in [9.17, 15) is 14.4 Å². The highest BCUT2D eigenvalue weighted by atomic mass is 35.5. The predicted octanol–water partition coefficient (Wildman–Crippen LogP) is 3.66. The lowest BCUT2D eigenvalue weighted by Gasteiger charge is -2.25. The average Bonchev–Trinajstić information content (AvgIpc) is 2.67. The quantitative estimate of drug-likeness (QED) is 0.610. The van der Waals surface area contributed by atoms with Crippen molar-refractivity contribution >= 4 is 34.9 Å². The molecule has 6 nitrogen and oxygen atoms in total. The van der Waals surface area contributed by atoms with Crippen molar-refractivity contribution in [3.8, 4) is 5.75 Å². The zero-order valence-electron chi connectivity index (χ0n) is 15.5. The number of hydrogen-bond acceptors (Lipinski definition) is 5. The van der Waals surface area contributed by atoms with Crippen molar-refractivity contribution in [1.82, 2.24) is 0 Å². The number of carbonyl (C=O) groups excluding carboxylic acids is 3. The molecule has 2 aromatic carbocycles. The summed E-state index contributed by atoms with van der Waals surface area (Å²) in [5.41, 5.74) is 1.90. The molecule has 1 aliphatic heterocycles. The van der Waals surface area contributed by atoms with Crippen LogP contribution >= 0.6 is 11.6 Å². The minimum Gasteiger partial charge on any atom is -0.492 e. The van der Waals surface area contributed by atoms with Gasteiger partial charge in [0.05, 0.1) is 5.92 Å². The zero-order valence-corrected chi connectivity index (χ0v) is 16.3. The summed E-state index contributed by atoms with van der Waals surface area (Å²) >= 11 is 5.99. The first-order valence-corrected chi connectivity index (χ1v) is 9.25. The first-order chi connectivity index (χ1) is 13.3. The van der Waals surface area contributed by atoms with Gasteiger partial charge in [0.15, 0.2) is 11.9 Å². The molecule has 0 unspecified atom stereocenters. The van der Waals surface area contributed by atoms with Crippen LogP contribution in [0.15, 0.2) is 42.5 Å². The molecule has 146 valence electrons. The lowest BCUT2D eigenvalue weighted by Crippen LogP contribution is -2.36. The average molecular weight is 402 g/mol. The summed E-state index contributed by atoms with van der Waals surface area (Å²) < 4.78 is 10.9. The van der Waals surface area contributed by atoms with Crippen LogP contribution in [0, 0.1) is 5.92 Å². The number of amides is 1. The molecular weight excluding hydrogens is 382 g/mol. The Morgan fingerprint density at radius 2 is 1.89 bits per heavy atom. The number of rotatable bonds is 5. The van der Waals surface area contributed by atoms with E-state index < -0.39 is 23.9 Å². The van der Waals surface area contributed by atoms with Crippen LogP contribution in [0.1, 0.15) is 29.8 Å². The van der Waals surface area contributed by atoms with E-state index in [4.69, 9.17) is 21.1 Å². The lowest BCUT2D eigenvalue weighted by molar-refractivity contribution is -0.158. The molecule has 2 atom stereocenters. The van der Waals surface area contributed by atoms with Crippen LogP contribution in [0.25, 0.3) is 0 Å². The summed E-state index contributed by atoms with van der Waals surface area (Å²) in [5.74, 6) is -0.814. The number of nitrogens with one attached hydrogen (secondary N) is 1. The van der Waals surface area contributed by atoms with Crippen molar-refractivity contribution < 1.29 is 23.9 Å². The van der Waals surface area contributed by atoms with E-state index in [1.165, 1.54) is 13.8 Å². The van der Waals surface area contributed by atoms with Crippen molar-refractivity contribution in [2.45, 2.75) is 26.4 Å². The minimum absolute atomic E-state index is 0.0577. The minimum atomic E-state index is -0.972. The van der Waals surface area contributed by atoms with Gasteiger partial charge >= 0.3 is 5.97 Å². The third kappa shape index (κ3) is 4.70. The molecule has 28 heavy (non-hydrogen) atoms. The van der Waals surface area contributed by atoms with Crippen molar-refractivity contribution in [2.75, 3.05) is 11.9 Å². The first-order valence-electron chi connectivity index (χ1n) is 8.87. The second kappa shape index (κ2) is 8.44. The number of Topliss-reactive ketones (excluding diaryl/α,β-unsaturated/α-hetero) is 1. The van der Waals surface area contributed by atoms with Gasteiger partial charge in [-0.15, -0.1) is 0 Å². The summed E-state index contributed by atoms with van der Waals surface area (Å²) in [6.07, 6.45) is -0.531. The Kier molecular flexibility index (Phi) is 5.99. The van der Waals surface area contributed by atoms with Crippen molar-refractivity contribution in [2.24, 2.45) is 5.92 Å². The van der Waals surface area contributed by atoms with E-state index in [2.05, 4.69) is 5.32 Å². The van der Waals surface area contributed by atoms with Crippen LogP contribution in [-0.2, 0) is 20.7 Å². The smallest absolute Gasteiger partial charge is 0.313 e. The summed E-state index contributed by atoms with van der Waals surface area (Å²) in [4.78, 5) is 36.0. The monoisotopic (exact) mass is 401 g/mol. The van der Waals surface area contributed by atoms with Crippen molar-refractivity contribution in [3.63, 3.8) is 0 Å². The molecule has 0 bridgehead atoms. The predicted molar refractivity (Wildman–Crippen MR) is 105 cm³/mol. The number of esters is 1. The van der Waals surface area contributed by atoms with E-state index >= 15 is 0 Å². The number of fused-ring (bicyclic) bond motifs is 1. The fraction of sp³-hybridized carbons (Fsp3) is 0.286. The second-order valence-corrected chi connectivity index (χ2v) is 7.10. The Hall–Kier alpha value is -2.86. The number of carbonyl (C=O) groups is 3. The van der Waals surface area contributed by atoms with E-state index in [-0.39, 0.29) is 12.4 Å². The van der Waals surface area contributed by atoms with Crippen LogP contribution in [0.5, 0.6) is 5.75 Å². The molecule has 0 spiro atoms. The third-order valence-corrected chi connectivity index (χ3v) is 4.72. The van der Waals surface area contributed by atoms with Crippen LogP contribution in [-0.4, -0.2) is 30.4 Å². The third-order valence-electron chi connectivity index (χ3n) is 4.48. The molecule has 0 saturated carbocycles. The van der Waals surface area contributed by atoms with Crippen LogP contribution < -0.4 is 10.1 Å². The molecule has 7 heteroatoms. The Morgan fingerprint density at radius 1 is 1.18 bits per heavy atom. The number of halogens is 1. The molecule has 0 fully saturated rings. The van der Waals surface area contributed by atoms with Crippen LogP contribution in [0.3, 0.4) is 0 Å². The summed E-state index contributed by atoms with van der Waals surface area (Å²) in [6.45, 7) is 3.16. The van der Waals surface area contributed by atoms with Crippen molar-refractivity contribution in [3.05, 3.63) is 58.6 Å². The fourth-order valence-corrected chi connectivity index (χ4v) is 3.07. The lowest BCUT2D eigenvalue weighted by atomic mass is 9.97. The van der Waals surface area contributed by atoms with E-state index in [1.807, 2.05) is 0 Å². The molecule has 1 N–H and O–H groups in total. The molecule has 2 aromatic rings. The van der Waals surface area contributed by atoms with Gasteiger partial charge < -0.3 is 14.8 Å². The molecule has 1 aliphatic rings.